The van der Waals surface area contributed by atoms with Crippen LogP contribution in [0.25, 0.3) is 0 Å². The second kappa shape index (κ2) is 6.34. The average Bonchev–Trinajstić information content (AvgIpc) is 2.48. The number of aliphatic hydroxyl groups excluding tert-OH is 1. The topological polar surface area (TPSA) is 42.4 Å². The maximum Gasteiger partial charge on any atom is 0.118 e. The minimum absolute atomic E-state index is 0.524. The number of nitrogens with zero attached hydrogens (tertiary/aromatic N) is 1. The van der Waals surface area contributed by atoms with Crippen LogP contribution in [0.1, 0.15) is 29.8 Å². The molecule has 0 aliphatic rings. The van der Waals surface area contributed by atoms with Gasteiger partial charge in [0, 0.05) is 18.3 Å². The Bertz CT molecular complexity index is 505. The van der Waals surface area contributed by atoms with E-state index in [-0.39, 0.29) is 0 Å². The van der Waals surface area contributed by atoms with Crippen LogP contribution in [-0.2, 0) is 12.8 Å². The minimum Gasteiger partial charge on any atom is -0.497 e. The van der Waals surface area contributed by atoms with Gasteiger partial charge in [0.05, 0.1) is 13.2 Å². The molecule has 0 amide bonds. The Kier molecular flexibility index (Phi) is 4.53. The molecule has 2 aromatic rings. The van der Waals surface area contributed by atoms with E-state index in [0.29, 0.717) is 6.42 Å². The normalized spacial score (nSPS) is 12.2. The molecule has 100 valence electrons. The largest absolute Gasteiger partial charge is 0.497 e. The zero-order valence-corrected chi connectivity index (χ0v) is 11.3. The first kappa shape index (κ1) is 13.6. The van der Waals surface area contributed by atoms with Crippen molar-refractivity contribution in [1.29, 1.82) is 0 Å². The lowest BCUT2D eigenvalue weighted by Crippen LogP contribution is -2.03. The Morgan fingerprint density at radius 1 is 1.16 bits per heavy atom. The Morgan fingerprint density at radius 2 is 1.89 bits per heavy atom. The Balaban J connectivity index is 2.04. The lowest BCUT2D eigenvalue weighted by Gasteiger charge is -2.11. The highest BCUT2D eigenvalue weighted by Gasteiger charge is 2.09. The number of hydrogen-bond acceptors (Lipinski definition) is 3. The highest BCUT2D eigenvalue weighted by Crippen LogP contribution is 2.20. The summed E-state index contributed by atoms with van der Waals surface area (Å²) in [5, 5.41) is 10.2. The molecule has 1 N–H and O–H groups in total. The first-order valence-electron chi connectivity index (χ1n) is 6.48. The van der Waals surface area contributed by atoms with Gasteiger partial charge in [-0.25, -0.2) is 0 Å². The fraction of sp³-hybridized carbons (Fsp3) is 0.312. The summed E-state index contributed by atoms with van der Waals surface area (Å²) in [5.74, 6) is 0.793. The van der Waals surface area contributed by atoms with Crippen LogP contribution in [0.5, 0.6) is 5.75 Å². The van der Waals surface area contributed by atoms with Crippen LogP contribution in [0.15, 0.2) is 42.6 Å². The molecule has 0 saturated heterocycles. The van der Waals surface area contributed by atoms with Crippen molar-refractivity contribution in [2.24, 2.45) is 0 Å². The first-order chi connectivity index (χ1) is 9.22. The fourth-order valence-electron chi connectivity index (χ4n) is 1.93. The van der Waals surface area contributed by atoms with Gasteiger partial charge in [-0.15, -0.1) is 0 Å². The van der Waals surface area contributed by atoms with Gasteiger partial charge in [-0.2, -0.15) is 0 Å². The number of aryl methyl sites for hydroxylation is 1. The number of pyridine rings is 1. The molecule has 0 saturated carbocycles. The molecular weight excluding hydrogens is 238 g/mol. The number of aliphatic hydroxyl groups is 1. The van der Waals surface area contributed by atoms with Crippen LogP contribution in [0.2, 0.25) is 0 Å². The molecule has 1 aromatic heterocycles. The van der Waals surface area contributed by atoms with Gasteiger partial charge in [0.25, 0.3) is 0 Å². The second-order valence-corrected chi connectivity index (χ2v) is 4.50. The van der Waals surface area contributed by atoms with Crippen LogP contribution in [0, 0.1) is 0 Å². The van der Waals surface area contributed by atoms with Gasteiger partial charge in [-0.05, 0) is 35.7 Å². The van der Waals surface area contributed by atoms with Crippen molar-refractivity contribution in [1.82, 2.24) is 4.98 Å². The van der Waals surface area contributed by atoms with Gasteiger partial charge < -0.3 is 9.84 Å². The monoisotopic (exact) mass is 257 g/mol. The summed E-state index contributed by atoms with van der Waals surface area (Å²) in [6.07, 6.45) is 2.84. The zero-order valence-electron chi connectivity index (χ0n) is 11.3. The summed E-state index contributed by atoms with van der Waals surface area (Å²) in [4.78, 5) is 4.36. The number of methoxy groups -OCH3 is 1. The smallest absolute Gasteiger partial charge is 0.118 e. The summed E-state index contributed by atoms with van der Waals surface area (Å²) in [7, 11) is 1.63. The van der Waals surface area contributed by atoms with E-state index < -0.39 is 6.10 Å². The lowest BCUT2D eigenvalue weighted by atomic mass is 10.0. The van der Waals surface area contributed by atoms with Gasteiger partial charge in [-0.3, -0.25) is 4.98 Å². The molecule has 0 bridgehead atoms. The van der Waals surface area contributed by atoms with Crippen LogP contribution in [-0.4, -0.2) is 17.2 Å². The summed E-state index contributed by atoms with van der Waals surface area (Å²) in [6.45, 7) is 2.10. The predicted octanol–water partition coefficient (Wildman–Crippen LogP) is 2.93. The molecule has 0 aliphatic heterocycles. The van der Waals surface area contributed by atoms with Gasteiger partial charge >= 0.3 is 0 Å². The third kappa shape index (κ3) is 3.55. The van der Waals surface area contributed by atoms with Crippen LogP contribution < -0.4 is 4.74 Å². The van der Waals surface area contributed by atoms with Crippen molar-refractivity contribution < 1.29 is 9.84 Å². The summed E-state index contributed by atoms with van der Waals surface area (Å²) < 4.78 is 5.10. The number of benzene rings is 1. The molecule has 19 heavy (non-hydrogen) atoms. The molecule has 0 spiro atoms. The molecule has 0 fully saturated rings. The van der Waals surface area contributed by atoms with E-state index in [0.717, 1.165) is 23.4 Å². The van der Waals surface area contributed by atoms with E-state index in [1.807, 2.05) is 36.5 Å². The lowest BCUT2D eigenvalue weighted by molar-refractivity contribution is 0.177. The summed E-state index contributed by atoms with van der Waals surface area (Å²) >= 11 is 0. The van der Waals surface area contributed by atoms with Crippen molar-refractivity contribution in [2.45, 2.75) is 25.9 Å². The first-order valence-corrected chi connectivity index (χ1v) is 6.48. The van der Waals surface area contributed by atoms with E-state index in [2.05, 4.69) is 18.0 Å². The summed E-state index contributed by atoms with van der Waals surface area (Å²) in [6, 6.07) is 11.5. The minimum atomic E-state index is -0.536. The van der Waals surface area contributed by atoms with Crippen LogP contribution >= 0.6 is 0 Å². The van der Waals surface area contributed by atoms with Crippen LogP contribution in [0.4, 0.5) is 0 Å². The molecule has 1 heterocycles. The van der Waals surface area contributed by atoms with Crippen molar-refractivity contribution >= 4 is 0 Å². The van der Waals surface area contributed by atoms with E-state index in [9.17, 15) is 5.11 Å². The zero-order chi connectivity index (χ0) is 13.7. The molecular formula is C16H19NO2. The molecule has 0 aliphatic carbocycles. The van der Waals surface area contributed by atoms with E-state index in [1.165, 1.54) is 5.56 Å². The van der Waals surface area contributed by atoms with Gasteiger partial charge in [-0.1, -0.05) is 25.1 Å². The molecule has 3 heteroatoms. The molecule has 3 nitrogen and oxygen atoms in total. The van der Waals surface area contributed by atoms with Crippen molar-refractivity contribution in [3.05, 3.63) is 59.4 Å². The third-order valence-electron chi connectivity index (χ3n) is 3.20. The Labute approximate surface area is 113 Å². The highest BCUT2D eigenvalue weighted by molar-refractivity contribution is 5.29. The van der Waals surface area contributed by atoms with Gasteiger partial charge in [0.2, 0.25) is 0 Å². The van der Waals surface area contributed by atoms with Gasteiger partial charge in [0.1, 0.15) is 5.75 Å². The standard InChI is InChI=1S/C16H19NO2/c1-3-12-4-7-14(17-11-12)10-16(18)13-5-8-15(19-2)9-6-13/h4-9,11,16,18H,3,10H2,1-2H3. The van der Waals surface area contributed by atoms with E-state index >= 15 is 0 Å². The second-order valence-electron chi connectivity index (χ2n) is 4.50. The maximum absolute atomic E-state index is 10.2. The Morgan fingerprint density at radius 3 is 2.42 bits per heavy atom. The number of rotatable bonds is 5. The van der Waals surface area contributed by atoms with Crippen LogP contribution in [0.3, 0.4) is 0 Å². The van der Waals surface area contributed by atoms with Crippen molar-refractivity contribution in [3.8, 4) is 5.75 Å². The average molecular weight is 257 g/mol. The molecule has 1 unspecified atom stereocenters. The number of hydrogen-bond donors (Lipinski definition) is 1. The molecule has 2 rings (SSSR count). The third-order valence-corrected chi connectivity index (χ3v) is 3.20. The quantitative estimate of drug-likeness (QED) is 0.895. The van der Waals surface area contributed by atoms with Crippen molar-refractivity contribution in [3.63, 3.8) is 0 Å². The maximum atomic E-state index is 10.2. The predicted molar refractivity (Wildman–Crippen MR) is 75.3 cm³/mol. The fourth-order valence-corrected chi connectivity index (χ4v) is 1.93. The van der Waals surface area contributed by atoms with Gasteiger partial charge in [0.15, 0.2) is 0 Å². The molecule has 1 aromatic carbocycles. The summed E-state index contributed by atoms with van der Waals surface area (Å²) in [5.41, 5.74) is 2.99. The Hall–Kier alpha value is -1.87. The highest BCUT2D eigenvalue weighted by atomic mass is 16.5. The number of aromatic nitrogens is 1. The van der Waals surface area contributed by atoms with Crippen molar-refractivity contribution in [2.75, 3.05) is 7.11 Å². The molecule has 0 radical (unpaired) electrons. The van der Waals surface area contributed by atoms with E-state index in [1.54, 1.807) is 7.11 Å². The number of ether oxygens (including phenoxy) is 1. The molecule has 1 atom stereocenters. The van der Waals surface area contributed by atoms with E-state index in [4.69, 9.17) is 4.74 Å². The SMILES string of the molecule is CCc1ccc(CC(O)c2ccc(OC)cc2)nc1.